The molecule has 2 aromatic rings. The van der Waals surface area contributed by atoms with Crippen LogP contribution in [0.4, 0.5) is 5.82 Å². The van der Waals surface area contributed by atoms with Crippen LogP contribution in [0.25, 0.3) is 12.2 Å². The Hall–Kier alpha value is -2.36. The van der Waals surface area contributed by atoms with Gasteiger partial charge in [0.25, 0.3) is 0 Å². The maximum absolute atomic E-state index is 5.46. The van der Waals surface area contributed by atoms with Crippen molar-refractivity contribution in [1.82, 2.24) is 9.97 Å². The number of nitrogens with zero attached hydrogens (tertiary/aromatic N) is 3. The number of methoxy groups -OCH3 is 1. The lowest BCUT2D eigenvalue weighted by Crippen LogP contribution is -2.18. The van der Waals surface area contributed by atoms with E-state index in [4.69, 9.17) is 9.72 Å². The zero-order valence-electron chi connectivity index (χ0n) is 14.0. The Labute approximate surface area is 137 Å². The van der Waals surface area contributed by atoms with E-state index in [2.05, 4.69) is 22.0 Å². The second-order valence-electron chi connectivity index (χ2n) is 5.93. The monoisotopic (exact) mass is 309 g/mol. The molecule has 3 heterocycles. The van der Waals surface area contributed by atoms with Crippen molar-refractivity contribution in [2.45, 2.75) is 26.7 Å². The molecule has 1 aliphatic rings. The van der Waals surface area contributed by atoms with Crippen LogP contribution in [0.15, 0.2) is 24.4 Å². The van der Waals surface area contributed by atoms with Gasteiger partial charge in [0.1, 0.15) is 11.6 Å². The molecule has 120 valence electrons. The van der Waals surface area contributed by atoms with E-state index in [1.54, 1.807) is 7.11 Å². The first kappa shape index (κ1) is 15.5. The predicted octanol–water partition coefficient (Wildman–Crippen LogP) is 3.87. The Morgan fingerprint density at radius 1 is 1.13 bits per heavy atom. The lowest BCUT2D eigenvalue weighted by Gasteiger charge is -2.16. The number of aromatic nitrogens is 2. The van der Waals surface area contributed by atoms with Crippen molar-refractivity contribution in [2.75, 3.05) is 25.1 Å². The highest BCUT2D eigenvalue weighted by Crippen LogP contribution is 2.25. The van der Waals surface area contributed by atoms with Crippen LogP contribution in [0.2, 0.25) is 0 Å². The van der Waals surface area contributed by atoms with E-state index >= 15 is 0 Å². The second kappa shape index (κ2) is 6.82. The van der Waals surface area contributed by atoms with Crippen molar-refractivity contribution < 1.29 is 4.74 Å². The summed E-state index contributed by atoms with van der Waals surface area (Å²) < 4.78 is 5.46. The summed E-state index contributed by atoms with van der Waals surface area (Å²) in [7, 11) is 1.70. The number of ether oxygens (including phenoxy) is 1. The fourth-order valence-corrected chi connectivity index (χ4v) is 3.04. The van der Waals surface area contributed by atoms with Gasteiger partial charge in [-0.15, -0.1) is 0 Å². The topological polar surface area (TPSA) is 38.2 Å². The highest BCUT2D eigenvalue weighted by Gasteiger charge is 2.13. The molecule has 0 aromatic carbocycles. The number of pyridine rings is 2. The van der Waals surface area contributed by atoms with E-state index in [-0.39, 0.29) is 0 Å². The molecule has 0 unspecified atom stereocenters. The molecular formula is C19H23N3O. The van der Waals surface area contributed by atoms with Crippen LogP contribution in [0.3, 0.4) is 0 Å². The van der Waals surface area contributed by atoms with Gasteiger partial charge in [0.15, 0.2) is 0 Å². The van der Waals surface area contributed by atoms with Gasteiger partial charge in [-0.25, -0.2) is 4.98 Å². The molecule has 0 bridgehead atoms. The molecule has 4 heteroatoms. The molecule has 1 fully saturated rings. The van der Waals surface area contributed by atoms with E-state index < -0.39 is 0 Å². The van der Waals surface area contributed by atoms with E-state index in [1.165, 1.54) is 12.8 Å². The standard InChI is InChI=1S/C19H23N3O/c1-14-13-20-17(15(2)19(14)23-3)10-9-16-7-6-8-18(21-16)22-11-4-5-12-22/h6-10,13H,4-5,11-12H2,1-3H3. The van der Waals surface area contributed by atoms with Crippen LogP contribution in [-0.4, -0.2) is 30.2 Å². The minimum absolute atomic E-state index is 0.901. The summed E-state index contributed by atoms with van der Waals surface area (Å²) in [5, 5.41) is 0. The lowest BCUT2D eigenvalue weighted by atomic mass is 10.1. The van der Waals surface area contributed by atoms with Crippen LogP contribution in [0.1, 0.15) is 35.4 Å². The van der Waals surface area contributed by atoms with Crippen LogP contribution in [0, 0.1) is 13.8 Å². The van der Waals surface area contributed by atoms with Crippen LogP contribution >= 0.6 is 0 Å². The zero-order chi connectivity index (χ0) is 16.2. The summed E-state index contributed by atoms with van der Waals surface area (Å²) >= 11 is 0. The number of rotatable bonds is 4. The van der Waals surface area contributed by atoms with Gasteiger partial charge in [-0.3, -0.25) is 4.98 Å². The lowest BCUT2D eigenvalue weighted by molar-refractivity contribution is 0.407. The number of aryl methyl sites for hydroxylation is 1. The summed E-state index contributed by atoms with van der Waals surface area (Å²) in [5.74, 6) is 1.97. The van der Waals surface area contributed by atoms with Crippen molar-refractivity contribution in [2.24, 2.45) is 0 Å². The molecule has 3 rings (SSSR count). The molecule has 0 saturated carbocycles. The maximum atomic E-state index is 5.46. The highest BCUT2D eigenvalue weighted by molar-refractivity contribution is 5.69. The van der Waals surface area contributed by atoms with Crippen molar-refractivity contribution in [1.29, 1.82) is 0 Å². The Morgan fingerprint density at radius 3 is 2.65 bits per heavy atom. The minimum Gasteiger partial charge on any atom is -0.496 e. The third kappa shape index (κ3) is 3.36. The smallest absolute Gasteiger partial charge is 0.129 e. The largest absolute Gasteiger partial charge is 0.496 e. The number of hydrogen-bond acceptors (Lipinski definition) is 4. The number of anilines is 1. The van der Waals surface area contributed by atoms with Gasteiger partial charge >= 0.3 is 0 Å². The SMILES string of the molecule is COc1c(C)cnc(C=Cc2cccc(N3CCCC3)n2)c1C. The molecule has 23 heavy (non-hydrogen) atoms. The van der Waals surface area contributed by atoms with E-state index in [9.17, 15) is 0 Å². The average Bonchev–Trinajstić information content (AvgIpc) is 3.09. The first-order valence-electron chi connectivity index (χ1n) is 8.09. The van der Waals surface area contributed by atoms with Gasteiger partial charge in [-0.05, 0) is 51.0 Å². The molecular weight excluding hydrogens is 286 g/mol. The quantitative estimate of drug-likeness (QED) is 0.859. The predicted molar refractivity (Wildman–Crippen MR) is 94.9 cm³/mol. The number of hydrogen-bond donors (Lipinski definition) is 0. The Morgan fingerprint density at radius 2 is 1.91 bits per heavy atom. The van der Waals surface area contributed by atoms with Gasteiger partial charge in [-0.2, -0.15) is 0 Å². The molecule has 4 nitrogen and oxygen atoms in total. The summed E-state index contributed by atoms with van der Waals surface area (Å²) in [4.78, 5) is 11.6. The molecule has 1 aliphatic heterocycles. The van der Waals surface area contributed by atoms with Crippen molar-refractivity contribution in [3.63, 3.8) is 0 Å². The van der Waals surface area contributed by atoms with Crippen molar-refractivity contribution in [3.05, 3.63) is 46.9 Å². The summed E-state index contributed by atoms with van der Waals surface area (Å²) in [6.07, 6.45) is 8.39. The fraction of sp³-hybridized carbons (Fsp3) is 0.368. The maximum Gasteiger partial charge on any atom is 0.129 e. The van der Waals surface area contributed by atoms with Crippen LogP contribution in [-0.2, 0) is 0 Å². The normalized spacial score (nSPS) is 14.7. The molecule has 0 spiro atoms. The van der Waals surface area contributed by atoms with Gasteiger partial charge in [0.05, 0.1) is 18.5 Å². The van der Waals surface area contributed by atoms with Gasteiger partial charge in [-0.1, -0.05) is 6.07 Å². The minimum atomic E-state index is 0.901. The van der Waals surface area contributed by atoms with E-state index in [0.717, 1.165) is 47.2 Å². The van der Waals surface area contributed by atoms with Gasteiger partial charge < -0.3 is 9.64 Å². The van der Waals surface area contributed by atoms with E-state index in [0.29, 0.717) is 0 Å². The third-order valence-corrected chi connectivity index (χ3v) is 4.28. The summed E-state index contributed by atoms with van der Waals surface area (Å²) in [5.41, 5.74) is 3.98. The van der Waals surface area contributed by atoms with Crippen molar-refractivity contribution >= 4 is 18.0 Å². The first-order valence-corrected chi connectivity index (χ1v) is 8.09. The van der Waals surface area contributed by atoms with Crippen molar-refractivity contribution in [3.8, 4) is 5.75 Å². The molecule has 0 aliphatic carbocycles. The highest BCUT2D eigenvalue weighted by atomic mass is 16.5. The molecule has 1 saturated heterocycles. The molecule has 0 amide bonds. The first-order chi connectivity index (χ1) is 11.2. The average molecular weight is 309 g/mol. The molecule has 0 N–H and O–H groups in total. The molecule has 0 atom stereocenters. The second-order valence-corrected chi connectivity index (χ2v) is 5.93. The van der Waals surface area contributed by atoms with Crippen LogP contribution in [0.5, 0.6) is 5.75 Å². The summed E-state index contributed by atoms with van der Waals surface area (Å²) in [6.45, 7) is 6.26. The molecule has 2 aromatic heterocycles. The fourth-order valence-electron chi connectivity index (χ4n) is 3.04. The Kier molecular flexibility index (Phi) is 4.60. The molecule has 0 radical (unpaired) electrons. The zero-order valence-corrected chi connectivity index (χ0v) is 14.0. The Balaban J connectivity index is 1.84. The summed E-state index contributed by atoms with van der Waals surface area (Å²) in [6, 6.07) is 6.17. The van der Waals surface area contributed by atoms with E-state index in [1.807, 2.05) is 38.3 Å². The van der Waals surface area contributed by atoms with Crippen LogP contribution < -0.4 is 9.64 Å². The van der Waals surface area contributed by atoms with Gasteiger partial charge in [0, 0.05) is 30.4 Å². The Bertz CT molecular complexity index is 719. The van der Waals surface area contributed by atoms with Gasteiger partial charge in [0.2, 0.25) is 0 Å². The third-order valence-electron chi connectivity index (χ3n) is 4.28.